The van der Waals surface area contributed by atoms with Gasteiger partial charge in [-0.3, -0.25) is 4.79 Å². The molecule has 6 heteroatoms. The van der Waals surface area contributed by atoms with Crippen LogP contribution in [0.5, 0.6) is 0 Å². The summed E-state index contributed by atoms with van der Waals surface area (Å²) < 4.78 is 5.28. The van der Waals surface area contributed by atoms with Crippen molar-refractivity contribution in [2.24, 2.45) is 0 Å². The summed E-state index contributed by atoms with van der Waals surface area (Å²) in [4.78, 5) is 24.9. The second-order valence-corrected chi connectivity index (χ2v) is 6.21. The Morgan fingerprint density at radius 3 is 2.59 bits per heavy atom. The Morgan fingerprint density at radius 2 is 2.06 bits per heavy atom. The first-order valence-corrected chi connectivity index (χ1v) is 6.69. The number of hydrogen-bond donors (Lipinski definition) is 1. The molecule has 0 aliphatic carbocycles. The van der Waals surface area contributed by atoms with Crippen LogP contribution in [0.1, 0.15) is 20.8 Å². The van der Waals surface area contributed by atoms with E-state index in [2.05, 4.69) is 5.32 Å². The number of rotatable bonds is 1. The molecule has 1 atom stereocenters. The van der Waals surface area contributed by atoms with Crippen LogP contribution < -0.4 is 5.32 Å². The van der Waals surface area contributed by atoms with Gasteiger partial charge >= 0.3 is 6.09 Å². The van der Waals surface area contributed by atoms with Gasteiger partial charge < -0.3 is 15.0 Å². The number of nitrogens with one attached hydrogen (secondary N) is 1. The molecule has 1 aliphatic rings. The third kappa shape index (κ3) is 4.46. The molecule has 0 radical (unpaired) electrons. The molecule has 5 nitrogen and oxygen atoms in total. The zero-order valence-electron chi connectivity index (χ0n) is 10.8. The molecule has 1 heterocycles. The monoisotopic (exact) mass is 260 g/mol. The Bertz CT molecular complexity index is 302. The largest absolute Gasteiger partial charge is 0.444 e. The molecular weight excluding hydrogens is 240 g/mol. The lowest BCUT2D eigenvalue weighted by Gasteiger charge is -2.33. The third-order valence-electron chi connectivity index (χ3n) is 2.26. The van der Waals surface area contributed by atoms with Gasteiger partial charge in [-0.15, -0.1) is 11.8 Å². The first kappa shape index (κ1) is 14.2. The summed E-state index contributed by atoms with van der Waals surface area (Å²) in [5.41, 5.74) is -0.496. The maximum atomic E-state index is 11.8. The van der Waals surface area contributed by atoms with E-state index in [1.165, 1.54) is 0 Å². The van der Waals surface area contributed by atoms with E-state index in [0.717, 1.165) is 5.75 Å². The molecule has 0 spiro atoms. The van der Waals surface area contributed by atoms with Crippen molar-refractivity contribution in [1.82, 2.24) is 10.2 Å². The second kappa shape index (κ2) is 5.62. The smallest absolute Gasteiger partial charge is 0.410 e. The van der Waals surface area contributed by atoms with E-state index in [0.29, 0.717) is 13.1 Å². The van der Waals surface area contributed by atoms with Crippen molar-refractivity contribution in [1.29, 1.82) is 0 Å². The van der Waals surface area contributed by atoms with E-state index in [4.69, 9.17) is 4.74 Å². The number of carbonyl (C=O) groups excluding carboxylic acids is 2. The minimum absolute atomic E-state index is 0.0386. The Hall–Kier alpha value is -0.910. The lowest BCUT2D eigenvalue weighted by molar-refractivity contribution is -0.120. The highest BCUT2D eigenvalue weighted by molar-refractivity contribution is 8.00. The van der Waals surface area contributed by atoms with Gasteiger partial charge in [0.15, 0.2) is 0 Å². The number of thioether (sulfide) groups is 1. The molecule has 1 fully saturated rings. The van der Waals surface area contributed by atoms with Crippen LogP contribution in [0.3, 0.4) is 0 Å². The van der Waals surface area contributed by atoms with E-state index in [9.17, 15) is 9.59 Å². The fourth-order valence-corrected chi connectivity index (χ4v) is 2.63. The predicted octanol–water partition coefficient (Wildman–Crippen LogP) is 1.08. The minimum atomic E-state index is -0.496. The highest BCUT2D eigenvalue weighted by atomic mass is 32.2. The Labute approximate surface area is 106 Å². The van der Waals surface area contributed by atoms with E-state index < -0.39 is 5.60 Å². The van der Waals surface area contributed by atoms with Gasteiger partial charge in [0.05, 0.1) is 0 Å². The second-order valence-electron chi connectivity index (χ2n) is 4.90. The lowest BCUT2D eigenvalue weighted by atomic mass is 10.2. The fourth-order valence-electron chi connectivity index (χ4n) is 1.46. The lowest BCUT2D eigenvalue weighted by Crippen LogP contribution is -2.48. The van der Waals surface area contributed by atoms with Gasteiger partial charge in [-0.2, -0.15) is 0 Å². The van der Waals surface area contributed by atoms with Crippen molar-refractivity contribution in [2.45, 2.75) is 31.6 Å². The average molecular weight is 260 g/mol. The molecule has 1 rings (SSSR count). The summed E-state index contributed by atoms with van der Waals surface area (Å²) in [6.45, 7) is 6.55. The van der Waals surface area contributed by atoms with Crippen LogP contribution in [0.25, 0.3) is 0 Å². The van der Waals surface area contributed by atoms with E-state index in [-0.39, 0.29) is 17.3 Å². The summed E-state index contributed by atoms with van der Waals surface area (Å²) in [6, 6.07) is 0. The first-order valence-electron chi connectivity index (χ1n) is 5.64. The van der Waals surface area contributed by atoms with Crippen molar-refractivity contribution in [3.05, 3.63) is 0 Å². The molecule has 0 saturated carbocycles. The summed E-state index contributed by atoms with van der Waals surface area (Å²) in [6.07, 6.45) is -0.341. The van der Waals surface area contributed by atoms with Crippen molar-refractivity contribution in [3.63, 3.8) is 0 Å². The van der Waals surface area contributed by atoms with Gasteiger partial charge in [-0.05, 0) is 20.8 Å². The Balaban J connectivity index is 2.55. The van der Waals surface area contributed by atoms with Crippen molar-refractivity contribution in [2.75, 3.05) is 25.9 Å². The number of ether oxygens (including phenoxy) is 1. The molecule has 1 aliphatic heterocycles. The van der Waals surface area contributed by atoms with E-state index in [1.54, 1.807) is 23.7 Å². The minimum Gasteiger partial charge on any atom is -0.444 e. The Morgan fingerprint density at radius 1 is 1.41 bits per heavy atom. The quantitative estimate of drug-likeness (QED) is 0.766. The van der Waals surface area contributed by atoms with Crippen LogP contribution in [-0.4, -0.2) is 53.6 Å². The fraction of sp³-hybridized carbons (Fsp3) is 0.818. The van der Waals surface area contributed by atoms with Gasteiger partial charge in [0.1, 0.15) is 10.9 Å². The number of hydrogen-bond acceptors (Lipinski definition) is 4. The van der Waals surface area contributed by atoms with Gasteiger partial charge in [0.2, 0.25) is 5.91 Å². The van der Waals surface area contributed by atoms with E-state index in [1.807, 2.05) is 20.8 Å². The van der Waals surface area contributed by atoms with Gasteiger partial charge in [0.25, 0.3) is 0 Å². The molecule has 1 N–H and O–H groups in total. The van der Waals surface area contributed by atoms with Crippen LogP contribution in [0, 0.1) is 0 Å². The molecule has 1 unspecified atom stereocenters. The van der Waals surface area contributed by atoms with Gasteiger partial charge in [-0.25, -0.2) is 4.79 Å². The highest BCUT2D eigenvalue weighted by Gasteiger charge is 2.30. The maximum Gasteiger partial charge on any atom is 0.410 e. The Kier molecular flexibility index (Phi) is 4.68. The number of nitrogens with zero attached hydrogens (tertiary/aromatic N) is 1. The standard InChI is InChI=1S/C11H20N2O3S/c1-11(2,3)16-10(15)13-5-6-17-8(7-13)9(14)12-4/h8H,5-7H2,1-4H3,(H,12,14). The molecule has 0 bridgehead atoms. The summed E-state index contributed by atoms with van der Waals surface area (Å²) in [7, 11) is 1.61. The highest BCUT2D eigenvalue weighted by Crippen LogP contribution is 2.20. The molecule has 1 saturated heterocycles. The van der Waals surface area contributed by atoms with Gasteiger partial charge in [0, 0.05) is 25.9 Å². The topological polar surface area (TPSA) is 58.6 Å². The van der Waals surface area contributed by atoms with Crippen LogP contribution in [-0.2, 0) is 9.53 Å². The molecular formula is C11H20N2O3S. The molecule has 17 heavy (non-hydrogen) atoms. The van der Waals surface area contributed by atoms with Gasteiger partial charge in [-0.1, -0.05) is 0 Å². The summed E-state index contributed by atoms with van der Waals surface area (Å²) in [5, 5.41) is 2.41. The molecule has 2 amide bonds. The third-order valence-corrected chi connectivity index (χ3v) is 3.44. The van der Waals surface area contributed by atoms with Crippen molar-refractivity contribution < 1.29 is 14.3 Å². The number of amides is 2. The van der Waals surface area contributed by atoms with E-state index >= 15 is 0 Å². The van der Waals surface area contributed by atoms with Crippen LogP contribution in [0.15, 0.2) is 0 Å². The average Bonchev–Trinajstić information content (AvgIpc) is 2.26. The van der Waals surface area contributed by atoms with Crippen LogP contribution in [0.2, 0.25) is 0 Å². The maximum absolute atomic E-state index is 11.8. The number of carbonyl (C=O) groups is 2. The zero-order valence-corrected chi connectivity index (χ0v) is 11.6. The zero-order chi connectivity index (χ0) is 13.1. The molecule has 0 aromatic carbocycles. The molecule has 98 valence electrons. The summed E-state index contributed by atoms with van der Waals surface area (Å²) in [5.74, 6) is 0.723. The summed E-state index contributed by atoms with van der Waals surface area (Å²) >= 11 is 1.57. The molecule has 0 aromatic heterocycles. The van der Waals surface area contributed by atoms with Crippen molar-refractivity contribution >= 4 is 23.8 Å². The first-order chi connectivity index (χ1) is 7.83. The van der Waals surface area contributed by atoms with Crippen LogP contribution in [0.4, 0.5) is 4.79 Å². The predicted molar refractivity (Wildman–Crippen MR) is 68.1 cm³/mol. The van der Waals surface area contributed by atoms with Crippen molar-refractivity contribution in [3.8, 4) is 0 Å². The van der Waals surface area contributed by atoms with Crippen LogP contribution >= 0.6 is 11.8 Å². The molecule has 0 aromatic rings. The normalized spacial score (nSPS) is 20.9. The SMILES string of the molecule is CNC(=O)C1CN(C(=O)OC(C)(C)C)CCS1.